The smallest absolute Gasteiger partial charge is 0.260 e. The lowest BCUT2D eigenvalue weighted by Crippen LogP contribution is -2.46. The van der Waals surface area contributed by atoms with E-state index in [1.54, 1.807) is 36.4 Å². The summed E-state index contributed by atoms with van der Waals surface area (Å²) in [6.45, 7) is 0. The second-order valence-corrected chi connectivity index (χ2v) is 6.13. The van der Waals surface area contributed by atoms with Crippen molar-refractivity contribution in [2.24, 2.45) is 0 Å². The van der Waals surface area contributed by atoms with Crippen LogP contribution >= 0.6 is 0 Å². The maximum absolute atomic E-state index is 13.0. The molecule has 1 aliphatic heterocycles. The van der Waals surface area contributed by atoms with Gasteiger partial charge in [-0.2, -0.15) is 0 Å². The molecule has 1 N–H and O–H groups in total. The van der Waals surface area contributed by atoms with Crippen LogP contribution in [0.3, 0.4) is 0 Å². The molecule has 0 bridgehead atoms. The second-order valence-electron chi connectivity index (χ2n) is 6.13. The first-order chi connectivity index (χ1) is 13.4. The molecule has 0 saturated carbocycles. The van der Waals surface area contributed by atoms with E-state index >= 15 is 0 Å². The number of nitrogens with zero attached hydrogens (tertiary/aromatic N) is 1. The number of hydrogen-bond acceptors (Lipinski definition) is 6. The Balaban J connectivity index is 1.98. The summed E-state index contributed by atoms with van der Waals surface area (Å²) in [5.74, 6) is -1.62. The molecule has 0 radical (unpaired) electrons. The van der Waals surface area contributed by atoms with Crippen LogP contribution in [0.25, 0.3) is 0 Å². The Bertz CT molecular complexity index is 930. The fraction of sp³-hybridized carbons (Fsp3) is 0.250. The van der Waals surface area contributed by atoms with Crippen molar-refractivity contribution in [2.45, 2.75) is 5.92 Å². The SMILES string of the molecule is COc1cc(NC(=O)C2C(=O)N(C)C(=O)c3ccccc32)cc(OC)c1OC. The van der Waals surface area contributed by atoms with Crippen molar-refractivity contribution in [3.63, 3.8) is 0 Å². The number of ether oxygens (including phenoxy) is 3. The molecular formula is C20H20N2O6. The third kappa shape index (κ3) is 3.13. The maximum atomic E-state index is 13.0. The lowest BCUT2D eigenvalue weighted by molar-refractivity contribution is -0.134. The van der Waals surface area contributed by atoms with Crippen LogP contribution < -0.4 is 19.5 Å². The van der Waals surface area contributed by atoms with Gasteiger partial charge in [-0.05, 0) is 11.6 Å². The molecule has 0 aromatic heterocycles. The normalized spacial score (nSPS) is 15.7. The number of benzene rings is 2. The van der Waals surface area contributed by atoms with Gasteiger partial charge in [0.2, 0.25) is 17.6 Å². The zero-order valence-electron chi connectivity index (χ0n) is 15.9. The number of carbonyl (C=O) groups is 3. The van der Waals surface area contributed by atoms with E-state index in [0.29, 0.717) is 34.1 Å². The third-order valence-electron chi connectivity index (χ3n) is 4.58. The highest BCUT2D eigenvalue weighted by Gasteiger charge is 2.40. The van der Waals surface area contributed by atoms with Gasteiger partial charge in [0.05, 0.1) is 21.3 Å². The molecule has 0 fully saturated rings. The highest BCUT2D eigenvalue weighted by atomic mass is 16.5. The molecule has 3 rings (SSSR count). The minimum Gasteiger partial charge on any atom is -0.493 e. The van der Waals surface area contributed by atoms with Gasteiger partial charge in [0.15, 0.2) is 11.5 Å². The summed E-state index contributed by atoms with van der Waals surface area (Å²) in [4.78, 5) is 38.9. The summed E-state index contributed by atoms with van der Waals surface area (Å²) >= 11 is 0. The van der Waals surface area contributed by atoms with Crippen molar-refractivity contribution in [3.8, 4) is 17.2 Å². The average molecular weight is 384 g/mol. The van der Waals surface area contributed by atoms with Crippen LogP contribution in [-0.4, -0.2) is 51.0 Å². The van der Waals surface area contributed by atoms with E-state index in [1.807, 2.05) is 0 Å². The molecule has 8 heteroatoms. The first-order valence-electron chi connectivity index (χ1n) is 8.44. The van der Waals surface area contributed by atoms with E-state index in [-0.39, 0.29) is 0 Å². The lowest BCUT2D eigenvalue weighted by Gasteiger charge is -2.29. The predicted octanol–water partition coefficient (Wildman–Crippen LogP) is 2.05. The number of amides is 3. The number of rotatable bonds is 5. The zero-order chi connectivity index (χ0) is 20.4. The number of hydrogen-bond donors (Lipinski definition) is 1. The molecule has 28 heavy (non-hydrogen) atoms. The maximum Gasteiger partial charge on any atom is 0.260 e. The van der Waals surface area contributed by atoms with Crippen LogP contribution in [0.1, 0.15) is 21.8 Å². The van der Waals surface area contributed by atoms with Gasteiger partial charge in [-0.15, -0.1) is 0 Å². The molecule has 0 saturated heterocycles. The molecular weight excluding hydrogens is 364 g/mol. The molecule has 1 atom stereocenters. The number of likely N-dealkylation sites (N-methyl/N-ethyl adjacent to an activating group) is 1. The Morgan fingerprint density at radius 3 is 2.18 bits per heavy atom. The van der Waals surface area contributed by atoms with Crippen molar-refractivity contribution < 1.29 is 28.6 Å². The summed E-state index contributed by atoms with van der Waals surface area (Å²) in [6.07, 6.45) is 0. The number of methoxy groups -OCH3 is 3. The van der Waals surface area contributed by atoms with Gasteiger partial charge in [-0.25, -0.2) is 0 Å². The van der Waals surface area contributed by atoms with Crippen molar-refractivity contribution in [1.82, 2.24) is 4.90 Å². The summed E-state index contributed by atoms with van der Waals surface area (Å²) in [6, 6.07) is 9.71. The topological polar surface area (TPSA) is 94.2 Å². The Morgan fingerprint density at radius 1 is 1.00 bits per heavy atom. The molecule has 0 spiro atoms. The van der Waals surface area contributed by atoms with Gasteiger partial charge in [0.1, 0.15) is 5.92 Å². The Morgan fingerprint density at radius 2 is 1.61 bits per heavy atom. The number of fused-ring (bicyclic) bond motifs is 1. The molecule has 0 aliphatic carbocycles. The van der Waals surface area contributed by atoms with Gasteiger partial charge >= 0.3 is 0 Å². The van der Waals surface area contributed by atoms with Crippen molar-refractivity contribution in [2.75, 3.05) is 33.7 Å². The van der Waals surface area contributed by atoms with Gasteiger partial charge in [-0.3, -0.25) is 19.3 Å². The summed E-state index contributed by atoms with van der Waals surface area (Å²) in [7, 11) is 5.76. The number of imide groups is 1. The number of nitrogens with one attached hydrogen (secondary N) is 1. The van der Waals surface area contributed by atoms with E-state index < -0.39 is 23.6 Å². The lowest BCUT2D eigenvalue weighted by atomic mass is 9.88. The van der Waals surface area contributed by atoms with E-state index in [0.717, 1.165) is 4.90 Å². The van der Waals surface area contributed by atoms with Gasteiger partial charge < -0.3 is 19.5 Å². The fourth-order valence-electron chi connectivity index (χ4n) is 3.17. The molecule has 146 valence electrons. The van der Waals surface area contributed by atoms with E-state index in [4.69, 9.17) is 14.2 Å². The second kappa shape index (κ2) is 7.59. The molecule has 1 unspecified atom stereocenters. The number of anilines is 1. The van der Waals surface area contributed by atoms with Crippen LogP contribution in [0.4, 0.5) is 5.69 Å². The third-order valence-corrected chi connectivity index (χ3v) is 4.58. The van der Waals surface area contributed by atoms with Gasteiger partial charge in [0, 0.05) is 30.4 Å². The largest absolute Gasteiger partial charge is 0.493 e. The first-order valence-corrected chi connectivity index (χ1v) is 8.44. The molecule has 2 aromatic rings. The predicted molar refractivity (Wildman–Crippen MR) is 101 cm³/mol. The van der Waals surface area contributed by atoms with E-state index in [9.17, 15) is 14.4 Å². The van der Waals surface area contributed by atoms with E-state index in [1.165, 1.54) is 28.4 Å². The molecule has 1 heterocycles. The number of carbonyl (C=O) groups excluding carboxylic acids is 3. The molecule has 8 nitrogen and oxygen atoms in total. The highest BCUT2D eigenvalue weighted by Crippen LogP contribution is 2.40. The van der Waals surface area contributed by atoms with Crippen LogP contribution in [0, 0.1) is 0 Å². The highest BCUT2D eigenvalue weighted by molar-refractivity contribution is 6.21. The van der Waals surface area contributed by atoms with Crippen LogP contribution in [0.2, 0.25) is 0 Å². The summed E-state index contributed by atoms with van der Waals surface area (Å²) in [5.41, 5.74) is 1.07. The Hall–Kier alpha value is -3.55. The molecule has 2 aromatic carbocycles. The minimum atomic E-state index is -1.14. The standard InChI is InChI=1S/C20H20N2O6/c1-22-19(24)13-8-6-5-7-12(13)16(20(22)25)18(23)21-11-9-14(26-2)17(28-4)15(10-11)27-3/h5-10,16H,1-4H3,(H,21,23). The average Bonchev–Trinajstić information content (AvgIpc) is 2.71. The van der Waals surface area contributed by atoms with Crippen molar-refractivity contribution in [3.05, 3.63) is 47.5 Å². The zero-order valence-corrected chi connectivity index (χ0v) is 15.9. The quantitative estimate of drug-likeness (QED) is 0.626. The summed E-state index contributed by atoms with van der Waals surface area (Å²) < 4.78 is 15.8. The first kappa shape index (κ1) is 19.2. The monoisotopic (exact) mass is 384 g/mol. The minimum absolute atomic E-state index is 0.328. The molecule has 1 aliphatic rings. The summed E-state index contributed by atoms with van der Waals surface area (Å²) in [5, 5.41) is 2.71. The van der Waals surface area contributed by atoms with Crippen LogP contribution in [0.5, 0.6) is 17.2 Å². The Kier molecular flexibility index (Phi) is 5.21. The van der Waals surface area contributed by atoms with Crippen molar-refractivity contribution >= 4 is 23.4 Å². The van der Waals surface area contributed by atoms with Gasteiger partial charge in [0.25, 0.3) is 5.91 Å². The fourth-order valence-corrected chi connectivity index (χ4v) is 3.17. The Labute approximate surface area is 162 Å². The van der Waals surface area contributed by atoms with Crippen LogP contribution in [-0.2, 0) is 9.59 Å². The molecule has 3 amide bonds. The van der Waals surface area contributed by atoms with Crippen molar-refractivity contribution in [1.29, 1.82) is 0 Å². The van der Waals surface area contributed by atoms with Crippen LogP contribution in [0.15, 0.2) is 36.4 Å². The van der Waals surface area contributed by atoms with E-state index in [2.05, 4.69) is 5.32 Å². The van der Waals surface area contributed by atoms with Gasteiger partial charge in [-0.1, -0.05) is 18.2 Å².